The van der Waals surface area contributed by atoms with Gasteiger partial charge in [0.25, 0.3) is 5.91 Å². The highest BCUT2D eigenvalue weighted by Crippen LogP contribution is 2.25. The van der Waals surface area contributed by atoms with Crippen molar-refractivity contribution in [3.05, 3.63) is 29.8 Å². The number of para-hydroxylation sites is 1. The molecule has 0 heterocycles. The van der Waals surface area contributed by atoms with E-state index in [0.717, 1.165) is 5.56 Å². The van der Waals surface area contributed by atoms with E-state index in [-0.39, 0.29) is 31.8 Å². The van der Waals surface area contributed by atoms with E-state index < -0.39 is 17.8 Å². The van der Waals surface area contributed by atoms with Gasteiger partial charge in [0.2, 0.25) is 5.91 Å². The van der Waals surface area contributed by atoms with Crippen LogP contribution >= 0.6 is 0 Å². The summed E-state index contributed by atoms with van der Waals surface area (Å²) in [6.45, 7) is 3.83. The van der Waals surface area contributed by atoms with Crippen LogP contribution in [-0.4, -0.2) is 29.5 Å². The van der Waals surface area contributed by atoms with E-state index >= 15 is 0 Å². The molecular weight excluding hydrogens is 300 g/mol. The first-order valence-electron chi connectivity index (χ1n) is 7.41. The minimum absolute atomic E-state index is 0.0314. The third-order valence-corrected chi connectivity index (χ3v) is 3.04. The van der Waals surface area contributed by atoms with Crippen LogP contribution in [0.4, 0.5) is 0 Å². The van der Waals surface area contributed by atoms with Crippen molar-refractivity contribution in [3.8, 4) is 5.75 Å². The summed E-state index contributed by atoms with van der Waals surface area (Å²) in [4.78, 5) is 33.4. The summed E-state index contributed by atoms with van der Waals surface area (Å²) in [5, 5.41) is 8.47. The first-order valence-corrected chi connectivity index (χ1v) is 7.41. The van der Waals surface area contributed by atoms with E-state index in [9.17, 15) is 14.4 Å². The molecular formula is C16H22N2O5. The standard InChI is InChI=1S/C16H22N2O5/c1-11(2)12-6-3-4-7-13(12)23-10-15(20)18-17-14(19)8-5-9-16(21)22/h3-4,6-7,11H,5,8-10H2,1-2H3,(H,17,19)(H,18,20)(H,21,22). The number of hydrazine groups is 1. The lowest BCUT2D eigenvalue weighted by Gasteiger charge is -2.13. The Morgan fingerprint density at radius 3 is 2.39 bits per heavy atom. The Morgan fingerprint density at radius 2 is 1.74 bits per heavy atom. The average molecular weight is 322 g/mol. The SMILES string of the molecule is CC(C)c1ccccc1OCC(=O)NNC(=O)CCCC(=O)O. The number of ether oxygens (including phenoxy) is 1. The zero-order chi connectivity index (χ0) is 17.2. The van der Waals surface area contributed by atoms with Crippen molar-refractivity contribution in [1.82, 2.24) is 10.9 Å². The van der Waals surface area contributed by atoms with Gasteiger partial charge in [0.05, 0.1) is 0 Å². The fourth-order valence-electron chi connectivity index (χ4n) is 1.87. The number of rotatable bonds is 8. The molecule has 0 saturated carbocycles. The summed E-state index contributed by atoms with van der Waals surface area (Å²) in [7, 11) is 0. The normalized spacial score (nSPS) is 10.2. The van der Waals surface area contributed by atoms with Crippen molar-refractivity contribution in [2.24, 2.45) is 0 Å². The molecule has 0 atom stereocenters. The maximum atomic E-state index is 11.6. The molecule has 0 fully saturated rings. The van der Waals surface area contributed by atoms with E-state index in [0.29, 0.717) is 5.75 Å². The van der Waals surface area contributed by atoms with Crippen molar-refractivity contribution in [3.63, 3.8) is 0 Å². The molecule has 3 N–H and O–H groups in total. The van der Waals surface area contributed by atoms with Gasteiger partial charge in [0, 0.05) is 12.8 Å². The summed E-state index contributed by atoms with van der Waals surface area (Å²) in [6, 6.07) is 7.44. The predicted octanol–water partition coefficient (Wildman–Crippen LogP) is 1.59. The van der Waals surface area contributed by atoms with Crippen LogP contribution in [0.2, 0.25) is 0 Å². The van der Waals surface area contributed by atoms with Gasteiger partial charge in [-0.25, -0.2) is 0 Å². The molecule has 2 amide bonds. The van der Waals surface area contributed by atoms with Crippen molar-refractivity contribution in [2.75, 3.05) is 6.61 Å². The Bertz CT molecular complexity index is 557. The summed E-state index contributed by atoms with van der Waals surface area (Å²) < 4.78 is 5.46. The highest BCUT2D eigenvalue weighted by molar-refractivity contribution is 5.82. The van der Waals surface area contributed by atoms with E-state index in [2.05, 4.69) is 10.9 Å². The fourth-order valence-corrected chi connectivity index (χ4v) is 1.87. The second-order valence-electron chi connectivity index (χ2n) is 5.32. The minimum Gasteiger partial charge on any atom is -0.483 e. The number of hydrogen-bond acceptors (Lipinski definition) is 4. The maximum Gasteiger partial charge on any atom is 0.303 e. The molecule has 0 aliphatic heterocycles. The summed E-state index contributed by atoms with van der Waals surface area (Å²) in [5.41, 5.74) is 5.45. The van der Waals surface area contributed by atoms with Gasteiger partial charge < -0.3 is 9.84 Å². The summed E-state index contributed by atoms with van der Waals surface area (Å²) in [5.74, 6) is -0.995. The number of hydrogen-bond donors (Lipinski definition) is 3. The van der Waals surface area contributed by atoms with Crippen LogP contribution in [0.3, 0.4) is 0 Å². The summed E-state index contributed by atoms with van der Waals surface area (Å²) >= 11 is 0. The van der Waals surface area contributed by atoms with E-state index in [1.807, 2.05) is 32.0 Å². The predicted molar refractivity (Wildman–Crippen MR) is 83.8 cm³/mol. The van der Waals surface area contributed by atoms with Crippen molar-refractivity contribution in [1.29, 1.82) is 0 Å². The Hall–Kier alpha value is -2.57. The van der Waals surface area contributed by atoms with Gasteiger partial charge >= 0.3 is 5.97 Å². The Balaban J connectivity index is 2.32. The lowest BCUT2D eigenvalue weighted by atomic mass is 10.0. The van der Waals surface area contributed by atoms with Crippen LogP contribution in [0.1, 0.15) is 44.6 Å². The van der Waals surface area contributed by atoms with Gasteiger partial charge in [-0.05, 0) is 24.0 Å². The van der Waals surface area contributed by atoms with E-state index in [1.54, 1.807) is 6.07 Å². The third-order valence-electron chi connectivity index (χ3n) is 3.04. The van der Waals surface area contributed by atoms with E-state index in [4.69, 9.17) is 9.84 Å². The zero-order valence-electron chi connectivity index (χ0n) is 13.3. The lowest BCUT2D eigenvalue weighted by Crippen LogP contribution is -2.43. The monoisotopic (exact) mass is 322 g/mol. The molecule has 23 heavy (non-hydrogen) atoms. The number of nitrogens with one attached hydrogen (secondary N) is 2. The molecule has 7 heteroatoms. The zero-order valence-corrected chi connectivity index (χ0v) is 13.3. The molecule has 0 aliphatic rings. The van der Waals surface area contributed by atoms with Crippen LogP contribution in [0, 0.1) is 0 Å². The molecule has 0 radical (unpaired) electrons. The number of carboxylic acids is 1. The highest BCUT2D eigenvalue weighted by Gasteiger charge is 2.10. The van der Waals surface area contributed by atoms with Crippen LogP contribution < -0.4 is 15.6 Å². The molecule has 1 aromatic rings. The maximum absolute atomic E-state index is 11.6. The molecule has 0 aromatic heterocycles. The topological polar surface area (TPSA) is 105 Å². The van der Waals surface area contributed by atoms with Gasteiger partial charge in [0.15, 0.2) is 6.61 Å². The Labute approximate surface area is 135 Å². The molecule has 7 nitrogen and oxygen atoms in total. The molecule has 0 bridgehead atoms. The van der Waals surface area contributed by atoms with Crippen molar-refractivity contribution >= 4 is 17.8 Å². The number of amides is 2. The fraction of sp³-hybridized carbons (Fsp3) is 0.438. The van der Waals surface area contributed by atoms with Crippen molar-refractivity contribution in [2.45, 2.75) is 39.0 Å². The smallest absolute Gasteiger partial charge is 0.303 e. The van der Waals surface area contributed by atoms with E-state index in [1.165, 1.54) is 0 Å². The van der Waals surface area contributed by atoms with Gasteiger partial charge in [-0.15, -0.1) is 0 Å². The number of aliphatic carboxylic acids is 1. The Kier molecular flexibility index (Phi) is 7.59. The number of carbonyl (C=O) groups excluding carboxylic acids is 2. The molecule has 0 spiro atoms. The van der Waals surface area contributed by atoms with Gasteiger partial charge in [-0.1, -0.05) is 32.0 Å². The van der Waals surface area contributed by atoms with Crippen LogP contribution in [0.25, 0.3) is 0 Å². The summed E-state index contributed by atoms with van der Waals surface area (Å²) in [6.07, 6.45) is 0.162. The second-order valence-corrected chi connectivity index (χ2v) is 5.32. The first-order chi connectivity index (χ1) is 10.9. The molecule has 0 saturated heterocycles. The van der Waals surface area contributed by atoms with Crippen LogP contribution in [0.5, 0.6) is 5.75 Å². The molecule has 0 aliphatic carbocycles. The minimum atomic E-state index is -0.959. The second kappa shape index (κ2) is 9.45. The average Bonchev–Trinajstić information content (AvgIpc) is 2.50. The molecule has 1 rings (SSSR count). The number of benzene rings is 1. The van der Waals surface area contributed by atoms with Gasteiger partial charge in [0.1, 0.15) is 5.75 Å². The third kappa shape index (κ3) is 7.30. The quantitative estimate of drug-likeness (QED) is 0.630. The number of carboxylic acid groups (broad SMARTS) is 1. The van der Waals surface area contributed by atoms with Gasteiger partial charge in [-0.2, -0.15) is 0 Å². The first kappa shape index (κ1) is 18.5. The van der Waals surface area contributed by atoms with Crippen molar-refractivity contribution < 1.29 is 24.2 Å². The lowest BCUT2D eigenvalue weighted by molar-refractivity contribution is -0.137. The Morgan fingerprint density at radius 1 is 1.09 bits per heavy atom. The molecule has 126 valence electrons. The van der Waals surface area contributed by atoms with Gasteiger partial charge in [-0.3, -0.25) is 25.2 Å². The van der Waals surface area contributed by atoms with Crippen LogP contribution in [-0.2, 0) is 14.4 Å². The largest absolute Gasteiger partial charge is 0.483 e. The van der Waals surface area contributed by atoms with Crippen LogP contribution in [0.15, 0.2) is 24.3 Å². The molecule has 1 aromatic carbocycles. The highest BCUT2D eigenvalue weighted by atomic mass is 16.5. The molecule has 0 unspecified atom stereocenters. The number of carbonyl (C=O) groups is 3.